The molecule has 2 saturated heterocycles. The second kappa shape index (κ2) is 9.69. The van der Waals surface area contributed by atoms with Crippen LogP contribution in [0.5, 0.6) is 5.88 Å². The average Bonchev–Trinajstić information content (AvgIpc) is 3.49. The van der Waals surface area contributed by atoms with Gasteiger partial charge in [0, 0.05) is 43.5 Å². The number of hydrogen-bond donors (Lipinski definition) is 1. The van der Waals surface area contributed by atoms with Crippen LogP contribution in [0.1, 0.15) is 18.4 Å². The van der Waals surface area contributed by atoms with Crippen molar-refractivity contribution in [2.45, 2.75) is 31.5 Å². The summed E-state index contributed by atoms with van der Waals surface area (Å²) < 4.78 is 64.9. The van der Waals surface area contributed by atoms with Crippen molar-refractivity contribution < 1.29 is 22.3 Å². The topological polar surface area (TPSA) is 98.7 Å². The van der Waals surface area contributed by atoms with Crippen LogP contribution in [0.3, 0.4) is 0 Å². The molecular formula is C28H23F4N7O3. The number of imidazole rings is 1. The maximum Gasteiger partial charge on any atom is 0.337 e. The van der Waals surface area contributed by atoms with Crippen molar-refractivity contribution in [2.75, 3.05) is 25.1 Å². The van der Waals surface area contributed by atoms with Crippen molar-refractivity contribution in [1.82, 2.24) is 28.8 Å². The minimum Gasteiger partial charge on any atom is -0.480 e. The van der Waals surface area contributed by atoms with Gasteiger partial charge < -0.3 is 15.0 Å². The number of ether oxygens (including phenoxy) is 1. The third-order valence-corrected chi connectivity index (χ3v) is 7.99. The number of nitrogens with zero attached hydrogens (tertiary/aromatic N) is 6. The van der Waals surface area contributed by atoms with Gasteiger partial charge in [-0.3, -0.25) is 13.8 Å². The Balaban J connectivity index is 1.53. The van der Waals surface area contributed by atoms with Crippen LogP contribution in [0.25, 0.3) is 22.4 Å². The van der Waals surface area contributed by atoms with Gasteiger partial charge in [-0.25, -0.2) is 31.9 Å². The maximum absolute atomic E-state index is 14.2. The highest BCUT2D eigenvalue weighted by Gasteiger charge is 2.38. The van der Waals surface area contributed by atoms with E-state index in [0.717, 1.165) is 59.3 Å². The predicted molar refractivity (Wildman–Crippen MR) is 144 cm³/mol. The van der Waals surface area contributed by atoms with Crippen molar-refractivity contribution >= 4 is 22.4 Å². The molecule has 1 aromatic carbocycles. The highest BCUT2D eigenvalue weighted by Crippen LogP contribution is 2.34. The lowest BCUT2D eigenvalue weighted by molar-refractivity contribution is 0.400. The first kappa shape index (κ1) is 26.2. The zero-order valence-electron chi connectivity index (χ0n) is 22.2. The van der Waals surface area contributed by atoms with Gasteiger partial charge in [-0.05, 0) is 36.6 Å². The number of rotatable bonds is 5. The molecule has 4 aromatic heterocycles. The zero-order valence-corrected chi connectivity index (χ0v) is 22.2. The fraction of sp³-hybridized carbons (Fsp3) is 0.286. The summed E-state index contributed by atoms with van der Waals surface area (Å²) in [5.74, 6) is -4.61. The molecule has 2 atom stereocenters. The molecule has 0 spiro atoms. The van der Waals surface area contributed by atoms with Gasteiger partial charge in [0.25, 0.3) is 5.56 Å². The molecule has 10 nitrogen and oxygen atoms in total. The summed E-state index contributed by atoms with van der Waals surface area (Å²) in [6.07, 6.45) is 4.41. The molecule has 0 amide bonds. The molecular weight excluding hydrogens is 558 g/mol. The third kappa shape index (κ3) is 3.96. The van der Waals surface area contributed by atoms with E-state index in [4.69, 9.17) is 4.74 Å². The molecule has 0 unspecified atom stereocenters. The van der Waals surface area contributed by atoms with Crippen LogP contribution in [-0.2, 0) is 6.54 Å². The van der Waals surface area contributed by atoms with Crippen molar-refractivity contribution in [2.24, 2.45) is 0 Å². The SMILES string of the molecule is COc1nc(N2[C@@H]3CC[C@H]2CNC3)cc2c1c(=O)n(-c1cnc3cc(F)ccn13)c(=O)n2Cc1cc(F)c(F)c(F)c1. The lowest BCUT2D eigenvalue weighted by Crippen LogP contribution is -2.52. The van der Waals surface area contributed by atoms with E-state index in [2.05, 4.69) is 20.2 Å². The van der Waals surface area contributed by atoms with Gasteiger partial charge in [-0.2, -0.15) is 4.98 Å². The number of piperazine rings is 1. The highest BCUT2D eigenvalue weighted by atomic mass is 19.2. The van der Waals surface area contributed by atoms with Gasteiger partial charge in [0.2, 0.25) is 5.88 Å². The molecule has 216 valence electrons. The number of halogens is 4. The Bertz CT molecular complexity index is 1980. The second-order valence-corrected chi connectivity index (χ2v) is 10.4. The molecule has 2 aliphatic heterocycles. The van der Waals surface area contributed by atoms with E-state index in [1.165, 1.54) is 23.9 Å². The van der Waals surface area contributed by atoms with Crippen molar-refractivity contribution in [3.05, 3.63) is 92.4 Å². The Morgan fingerprint density at radius 3 is 2.43 bits per heavy atom. The number of fused-ring (bicyclic) bond motifs is 4. The average molecular weight is 582 g/mol. The number of methoxy groups -OCH3 is 1. The number of anilines is 1. The normalized spacial score (nSPS) is 18.4. The molecule has 0 aliphatic carbocycles. The Hall–Kier alpha value is -4.72. The summed E-state index contributed by atoms with van der Waals surface area (Å²) in [5, 5.41) is 3.32. The summed E-state index contributed by atoms with van der Waals surface area (Å²) in [6, 6.07) is 5.73. The molecule has 1 N–H and O–H groups in total. The summed E-state index contributed by atoms with van der Waals surface area (Å²) in [5.41, 5.74) is -1.45. The molecule has 2 bridgehead atoms. The number of aromatic nitrogens is 5. The Morgan fingerprint density at radius 2 is 1.74 bits per heavy atom. The minimum atomic E-state index is -1.64. The first-order valence-corrected chi connectivity index (χ1v) is 13.2. The standard InChI is InChI=1S/C28H23F4N7O3/c1-42-26-24-20(9-22(35-26)38-16-2-3-17(38)11-33-10-16)37(13-14-6-18(30)25(32)19(31)7-14)28(41)39(27(24)40)23-12-34-21-8-15(29)4-5-36(21)23/h4-9,12,16-17,33H,2-3,10-11,13H2,1H3/t16-,17+. The van der Waals surface area contributed by atoms with E-state index in [9.17, 15) is 27.2 Å². The number of nitrogens with one attached hydrogen (secondary N) is 1. The smallest absolute Gasteiger partial charge is 0.337 e. The largest absolute Gasteiger partial charge is 0.480 e. The van der Waals surface area contributed by atoms with E-state index in [1.807, 2.05) is 0 Å². The number of hydrogen-bond acceptors (Lipinski definition) is 7. The summed E-state index contributed by atoms with van der Waals surface area (Å²) in [4.78, 5) is 39.1. The lowest BCUT2D eigenvalue weighted by atomic mass is 10.1. The van der Waals surface area contributed by atoms with Gasteiger partial charge in [0.1, 0.15) is 28.5 Å². The van der Waals surface area contributed by atoms with Gasteiger partial charge >= 0.3 is 5.69 Å². The van der Waals surface area contributed by atoms with Crippen LogP contribution in [0.15, 0.2) is 52.3 Å². The third-order valence-electron chi connectivity index (χ3n) is 7.99. The maximum atomic E-state index is 14.2. The molecule has 2 aliphatic rings. The molecule has 7 rings (SSSR count). The van der Waals surface area contributed by atoms with Crippen LogP contribution in [-0.4, -0.2) is 55.8 Å². The summed E-state index contributed by atoms with van der Waals surface area (Å²) in [7, 11) is 1.35. The molecule has 14 heteroatoms. The second-order valence-electron chi connectivity index (χ2n) is 10.4. The molecule has 0 radical (unpaired) electrons. The lowest BCUT2D eigenvalue weighted by Gasteiger charge is -2.36. The Labute approximate surface area is 234 Å². The first-order valence-electron chi connectivity index (χ1n) is 13.2. The van der Waals surface area contributed by atoms with E-state index >= 15 is 0 Å². The molecule has 5 aromatic rings. The molecule has 0 saturated carbocycles. The minimum absolute atomic E-state index is 0.00149. The van der Waals surface area contributed by atoms with E-state index in [0.29, 0.717) is 5.82 Å². The van der Waals surface area contributed by atoms with E-state index < -0.39 is 41.1 Å². The number of benzene rings is 1. The van der Waals surface area contributed by atoms with Gasteiger partial charge in [-0.1, -0.05) is 0 Å². The Kier molecular flexibility index (Phi) is 6.04. The Morgan fingerprint density at radius 1 is 1.02 bits per heavy atom. The molecule has 2 fully saturated rings. The molecule has 6 heterocycles. The van der Waals surface area contributed by atoms with Crippen LogP contribution in [0.4, 0.5) is 23.4 Å². The van der Waals surface area contributed by atoms with Gasteiger partial charge in [0.05, 0.1) is 25.4 Å². The van der Waals surface area contributed by atoms with Crippen molar-refractivity contribution in [1.29, 1.82) is 0 Å². The van der Waals surface area contributed by atoms with Crippen LogP contribution in [0, 0.1) is 23.3 Å². The highest BCUT2D eigenvalue weighted by molar-refractivity contribution is 5.86. The quantitative estimate of drug-likeness (QED) is 0.252. The summed E-state index contributed by atoms with van der Waals surface area (Å²) >= 11 is 0. The van der Waals surface area contributed by atoms with E-state index in [-0.39, 0.29) is 45.9 Å². The van der Waals surface area contributed by atoms with Crippen LogP contribution < -0.4 is 26.2 Å². The fourth-order valence-corrected chi connectivity index (χ4v) is 6.11. The van der Waals surface area contributed by atoms with Crippen molar-refractivity contribution in [3.63, 3.8) is 0 Å². The van der Waals surface area contributed by atoms with Gasteiger partial charge in [0.15, 0.2) is 17.5 Å². The predicted octanol–water partition coefficient (Wildman–Crippen LogP) is 2.75. The first-order chi connectivity index (χ1) is 20.2. The monoisotopic (exact) mass is 581 g/mol. The van der Waals surface area contributed by atoms with Gasteiger partial charge in [-0.15, -0.1) is 0 Å². The van der Waals surface area contributed by atoms with Crippen LogP contribution in [0.2, 0.25) is 0 Å². The zero-order chi connectivity index (χ0) is 29.3. The van der Waals surface area contributed by atoms with Crippen molar-refractivity contribution in [3.8, 4) is 11.7 Å². The number of pyridine rings is 2. The van der Waals surface area contributed by atoms with Crippen LogP contribution >= 0.6 is 0 Å². The molecule has 42 heavy (non-hydrogen) atoms. The summed E-state index contributed by atoms with van der Waals surface area (Å²) in [6.45, 7) is 1.04. The fourth-order valence-electron chi connectivity index (χ4n) is 6.11. The van der Waals surface area contributed by atoms with E-state index in [1.54, 1.807) is 6.07 Å².